The van der Waals surface area contributed by atoms with Gasteiger partial charge >= 0.3 is 6.11 Å². The third kappa shape index (κ3) is 6.80. The van der Waals surface area contributed by atoms with E-state index in [1.54, 1.807) is 24.3 Å². The summed E-state index contributed by atoms with van der Waals surface area (Å²) in [4.78, 5) is 0. The van der Waals surface area contributed by atoms with Crippen molar-refractivity contribution in [3.63, 3.8) is 0 Å². The first-order chi connectivity index (χ1) is 21.9. The molecule has 0 spiro atoms. The summed E-state index contributed by atoms with van der Waals surface area (Å²) in [7, 11) is 0. The smallest absolute Gasteiger partial charge is 0.429 e. The predicted molar refractivity (Wildman–Crippen MR) is 157 cm³/mol. The van der Waals surface area contributed by atoms with Gasteiger partial charge in [-0.1, -0.05) is 48.6 Å². The molecule has 1 nitrogen and oxygen atoms in total. The summed E-state index contributed by atoms with van der Waals surface area (Å²) in [6.45, 7) is 1.90. The number of halogens is 9. The molecular weight excluding hydrogens is 619 g/mol. The van der Waals surface area contributed by atoms with Crippen molar-refractivity contribution in [3.05, 3.63) is 149 Å². The van der Waals surface area contributed by atoms with Crippen LogP contribution in [0.3, 0.4) is 0 Å². The maximum atomic E-state index is 15.0. The van der Waals surface area contributed by atoms with Gasteiger partial charge in [-0.3, -0.25) is 0 Å². The van der Waals surface area contributed by atoms with Crippen LogP contribution < -0.4 is 4.74 Å². The summed E-state index contributed by atoms with van der Waals surface area (Å²) in [5, 5.41) is 0. The van der Waals surface area contributed by atoms with Crippen LogP contribution in [-0.4, -0.2) is 0 Å². The fourth-order valence-electron chi connectivity index (χ4n) is 4.92. The van der Waals surface area contributed by atoms with E-state index in [0.717, 1.165) is 54.8 Å². The fourth-order valence-corrected chi connectivity index (χ4v) is 4.92. The number of hydrogen-bond acceptors (Lipinski definition) is 1. The average Bonchev–Trinajstić information content (AvgIpc) is 2.99. The van der Waals surface area contributed by atoms with Gasteiger partial charge in [-0.15, -0.1) is 0 Å². The molecule has 46 heavy (non-hydrogen) atoms. The molecule has 0 aliphatic rings. The van der Waals surface area contributed by atoms with Crippen molar-refractivity contribution >= 4 is 0 Å². The molecule has 0 bridgehead atoms. The van der Waals surface area contributed by atoms with Crippen LogP contribution in [0.1, 0.15) is 24.5 Å². The Morgan fingerprint density at radius 1 is 0.565 bits per heavy atom. The van der Waals surface area contributed by atoms with Gasteiger partial charge in [0.25, 0.3) is 0 Å². The van der Waals surface area contributed by atoms with Crippen molar-refractivity contribution in [2.75, 3.05) is 0 Å². The highest BCUT2D eigenvalue weighted by Gasteiger charge is 2.41. The van der Waals surface area contributed by atoms with Crippen LogP contribution in [0.25, 0.3) is 33.4 Å². The lowest BCUT2D eigenvalue weighted by Crippen LogP contribution is -2.25. The Hall–Kier alpha value is -4.99. The lowest BCUT2D eigenvalue weighted by Gasteiger charge is -2.20. The SMILES string of the molecule is CC=CCCc1ccc(-c2cc(F)c(C(F)(F)Oc3ccc(-c4ccc(-c5cc(F)c(F)c(F)c5)c(F)c4)c(F)c3)c(F)c2)cc1. The molecule has 0 N–H and O–H groups in total. The van der Waals surface area contributed by atoms with E-state index in [1.807, 2.05) is 19.1 Å². The minimum absolute atomic E-state index is 0.0258. The molecule has 0 aliphatic heterocycles. The topological polar surface area (TPSA) is 9.23 Å². The molecule has 236 valence electrons. The number of aryl methyl sites for hydroxylation is 1. The van der Waals surface area contributed by atoms with Crippen molar-refractivity contribution in [1.82, 2.24) is 0 Å². The summed E-state index contributed by atoms with van der Waals surface area (Å²) >= 11 is 0. The average molecular weight is 643 g/mol. The van der Waals surface area contributed by atoms with Gasteiger partial charge in [0, 0.05) is 17.2 Å². The monoisotopic (exact) mass is 642 g/mol. The lowest BCUT2D eigenvalue weighted by atomic mass is 9.99. The third-order valence-corrected chi connectivity index (χ3v) is 7.22. The highest BCUT2D eigenvalue weighted by atomic mass is 19.3. The Labute approximate surface area is 258 Å². The first-order valence-electron chi connectivity index (χ1n) is 13.9. The Morgan fingerprint density at radius 3 is 1.67 bits per heavy atom. The Bertz CT molecular complexity index is 1890. The summed E-state index contributed by atoms with van der Waals surface area (Å²) in [5.74, 6) is -10.9. The van der Waals surface area contributed by atoms with E-state index in [4.69, 9.17) is 0 Å². The van der Waals surface area contributed by atoms with E-state index < -0.39 is 58.1 Å². The standard InChI is InChI=1S/C36H23F9O/c1-2-3-4-5-20-6-8-21(9-7-20)23-15-30(39)34(31(40)16-23)36(44,45)46-25-11-13-26(29(38)19-25)22-10-12-27(28(37)14-22)24-17-32(41)35(43)33(42)18-24/h2-3,6-19H,4-5H2,1H3. The van der Waals surface area contributed by atoms with Crippen molar-refractivity contribution < 1.29 is 44.3 Å². The van der Waals surface area contributed by atoms with Crippen molar-refractivity contribution in [1.29, 1.82) is 0 Å². The molecule has 5 rings (SSSR count). The molecule has 0 aliphatic carbocycles. The van der Waals surface area contributed by atoms with E-state index in [0.29, 0.717) is 23.8 Å². The zero-order valence-corrected chi connectivity index (χ0v) is 24.0. The van der Waals surface area contributed by atoms with Gasteiger partial charge < -0.3 is 4.74 Å². The molecule has 10 heteroatoms. The van der Waals surface area contributed by atoms with Crippen LogP contribution in [-0.2, 0) is 12.5 Å². The van der Waals surface area contributed by atoms with Crippen LogP contribution in [0.2, 0.25) is 0 Å². The number of alkyl halides is 2. The largest absolute Gasteiger partial charge is 0.432 e. The molecule has 0 radical (unpaired) electrons. The van der Waals surface area contributed by atoms with E-state index in [2.05, 4.69) is 4.74 Å². The molecule has 0 saturated carbocycles. The second-order valence-corrected chi connectivity index (χ2v) is 10.3. The van der Waals surface area contributed by atoms with Crippen LogP contribution in [0.4, 0.5) is 39.5 Å². The van der Waals surface area contributed by atoms with Crippen LogP contribution >= 0.6 is 0 Å². The van der Waals surface area contributed by atoms with Crippen molar-refractivity contribution in [2.24, 2.45) is 0 Å². The normalized spacial score (nSPS) is 11.8. The molecule has 0 fully saturated rings. The molecule has 0 heterocycles. The minimum atomic E-state index is -4.55. The van der Waals surface area contributed by atoms with Gasteiger partial charge in [-0.05, 0) is 90.0 Å². The first kappa shape index (κ1) is 32.4. The van der Waals surface area contributed by atoms with Crippen LogP contribution in [0, 0.1) is 40.7 Å². The van der Waals surface area contributed by atoms with Crippen LogP contribution in [0.5, 0.6) is 5.75 Å². The van der Waals surface area contributed by atoms with Gasteiger partial charge in [0.05, 0.1) is 0 Å². The molecule has 0 atom stereocenters. The minimum Gasteiger partial charge on any atom is -0.429 e. The third-order valence-electron chi connectivity index (χ3n) is 7.22. The molecule has 5 aromatic carbocycles. The number of hydrogen-bond donors (Lipinski definition) is 0. The lowest BCUT2D eigenvalue weighted by molar-refractivity contribution is -0.189. The summed E-state index contributed by atoms with van der Waals surface area (Å²) in [6, 6.07) is 15.0. The van der Waals surface area contributed by atoms with Gasteiger partial charge in [0.1, 0.15) is 34.6 Å². The number of ether oxygens (including phenoxy) is 1. The fraction of sp³-hybridized carbons (Fsp3) is 0.111. The predicted octanol–water partition coefficient (Wildman–Crippen LogP) is 11.3. The number of allylic oxidation sites excluding steroid dienone is 2. The Balaban J connectivity index is 1.35. The van der Waals surface area contributed by atoms with E-state index >= 15 is 8.78 Å². The molecule has 0 amide bonds. The van der Waals surface area contributed by atoms with Gasteiger partial charge in [0.15, 0.2) is 17.5 Å². The van der Waals surface area contributed by atoms with E-state index in [1.165, 1.54) is 6.07 Å². The Morgan fingerprint density at radius 2 is 1.09 bits per heavy atom. The maximum Gasteiger partial charge on any atom is 0.432 e. The van der Waals surface area contributed by atoms with Crippen molar-refractivity contribution in [3.8, 4) is 39.1 Å². The zero-order valence-electron chi connectivity index (χ0n) is 24.0. The molecule has 0 unspecified atom stereocenters. The van der Waals surface area contributed by atoms with Crippen molar-refractivity contribution in [2.45, 2.75) is 25.9 Å². The molecular formula is C36H23F9O. The number of benzene rings is 5. The first-order valence-corrected chi connectivity index (χ1v) is 13.9. The van der Waals surface area contributed by atoms with E-state index in [9.17, 15) is 30.7 Å². The summed E-state index contributed by atoms with van der Waals surface area (Å²) in [5.41, 5.74) is -1.24. The molecule has 5 aromatic rings. The maximum absolute atomic E-state index is 15.0. The summed E-state index contributed by atoms with van der Waals surface area (Å²) in [6.07, 6.45) is 0.930. The van der Waals surface area contributed by atoms with Gasteiger partial charge in [-0.25, -0.2) is 30.7 Å². The summed E-state index contributed by atoms with van der Waals surface area (Å²) < 4.78 is 135. The molecule has 0 saturated heterocycles. The quantitative estimate of drug-likeness (QED) is 0.0883. The molecule has 0 aromatic heterocycles. The number of rotatable bonds is 9. The second kappa shape index (κ2) is 13.2. The second-order valence-electron chi connectivity index (χ2n) is 10.3. The van der Waals surface area contributed by atoms with Gasteiger partial charge in [-0.2, -0.15) is 8.78 Å². The highest BCUT2D eigenvalue weighted by molar-refractivity contribution is 5.72. The Kier molecular flexibility index (Phi) is 9.27. The highest BCUT2D eigenvalue weighted by Crippen LogP contribution is 2.39. The van der Waals surface area contributed by atoms with Crippen LogP contribution in [0.15, 0.2) is 97.1 Å². The van der Waals surface area contributed by atoms with E-state index in [-0.39, 0.29) is 27.8 Å². The zero-order chi connectivity index (χ0) is 33.2. The van der Waals surface area contributed by atoms with Gasteiger partial charge in [0.2, 0.25) is 0 Å².